The number of carboxylic acid groups (broad SMARTS) is 1. The molecule has 0 aromatic heterocycles. The van der Waals surface area contributed by atoms with Crippen molar-refractivity contribution in [3.8, 4) is 11.5 Å². The number of urea groups is 1. The second-order valence-electron chi connectivity index (χ2n) is 8.07. The molecular weight excluding hydrogens is 448 g/mol. The standard InChI is InChI=1S/C27H24N2O6/c1-17-6-8-18(9-7-17)15-29-25(30)22(28-27(29)33)13-19-10-11-23(24(14-19)34-2)35-16-20-4-3-5-21(12-20)26(31)32/h3-14H,15-16H2,1-2H3,(H,28,33)(H,31,32)/b22-13-. The van der Waals surface area contributed by atoms with Gasteiger partial charge in [-0.05, 0) is 54.0 Å². The van der Waals surface area contributed by atoms with Crippen LogP contribution in [0.4, 0.5) is 4.79 Å². The highest BCUT2D eigenvalue weighted by atomic mass is 16.5. The molecule has 3 amide bonds. The van der Waals surface area contributed by atoms with E-state index < -0.39 is 17.9 Å². The number of imide groups is 1. The Labute approximate surface area is 202 Å². The lowest BCUT2D eigenvalue weighted by Gasteiger charge is -2.12. The van der Waals surface area contributed by atoms with E-state index in [0.29, 0.717) is 22.6 Å². The zero-order valence-corrected chi connectivity index (χ0v) is 19.3. The van der Waals surface area contributed by atoms with Gasteiger partial charge in [0.2, 0.25) is 0 Å². The minimum atomic E-state index is -1.01. The fourth-order valence-electron chi connectivity index (χ4n) is 3.61. The number of amides is 3. The van der Waals surface area contributed by atoms with E-state index in [9.17, 15) is 14.4 Å². The Morgan fingerprint density at radius 1 is 1.00 bits per heavy atom. The van der Waals surface area contributed by atoms with Gasteiger partial charge in [-0.15, -0.1) is 0 Å². The summed E-state index contributed by atoms with van der Waals surface area (Å²) in [6.07, 6.45) is 1.58. The number of benzene rings is 3. The van der Waals surface area contributed by atoms with Gasteiger partial charge in [0, 0.05) is 0 Å². The van der Waals surface area contributed by atoms with Crippen LogP contribution >= 0.6 is 0 Å². The number of methoxy groups -OCH3 is 1. The monoisotopic (exact) mass is 472 g/mol. The maximum Gasteiger partial charge on any atom is 0.335 e. The van der Waals surface area contributed by atoms with Gasteiger partial charge in [-0.2, -0.15) is 0 Å². The fourth-order valence-corrected chi connectivity index (χ4v) is 3.61. The molecule has 3 aromatic rings. The van der Waals surface area contributed by atoms with Crippen LogP contribution in [0, 0.1) is 6.92 Å². The predicted octanol–water partition coefficient (Wildman–Crippen LogP) is 4.37. The molecule has 35 heavy (non-hydrogen) atoms. The third-order valence-corrected chi connectivity index (χ3v) is 5.49. The number of carbonyl (C=O) groups is 3. The Morgan fingerprint density at radius 3 is 2.49 bits per heavy atom. The summed E-state index contributed by atoms with van der Waals surface area (Å²) in [5, 5.41) is 11.8. The van der Waals surface area contributed by atoms with Crippen molar-refractivity contribution in [2.75, 3.05) is 7.11 Å². The lowest BCUT2D eigenvalue weighted by Crippen LogP contribution is -2.30. The van der Waals surface area contributed by atoms with Crippen LogP contribution < -0.4 is 14.8 Å². The molecule has 1 saturated heterocycles. The molecule has 1 fully saturated rings. The van der Waals surface area contributed by atoms with Crippen molar-refractivity contribution in [3.05, 3.63) is 100 Å². The molecule has 3 aromatic carbocycles. The number of ether oxygens (including phenoxy) is 2. The Morgan fingerprint density at radius 2 is 1.77 bits per heavy atom. The zero-order valence-electron chi connectivity index (χ0n) is 19.3. The van der Waals surface area contributed by atoms with Crippen LogP contribution in [-0.2, 0) is 17.9 Å². The van der Waals surface area contributed by atoms with Crippen LogP contribution in [0.3, 0.4) is 0 Å². The quantitative estimate of drug-likeness (QED) is 0.373. The van der Waals surface area contributed by atoms with Crippen LogP contribution in [0.2, 0.25) is 0 Å². The summed E-state index contributed by atoms with van der Waals surface area (Å²) in [6.45, 7) is 2.31. The summed E-state index contributed by atoms with van der Waals surface area (Å²) < 4.78 is 11.2. The summed E-state index contributed by atoms with van der Waals surface area (Å²) in [7, 11) is 1.50. The van der Waals surface area contributed by atoms with E-state index in [4.69, 9.17) is 14.6 Å². The van der Waals surface area contributed by atoms with Gasteiger partial charge in [-0.25, -0.2) is 9.59 Å². The number of carboxylic acids is 1. The summed E-state index contributed by atoms with van der Waals surface area (Å²) in [5.74, 6) is -0.527. The normalized spacial score (nSPS) is 14.2. The largest absolute Gasteiger partial charge is 0.493 e. The molecule has 0 saturated carbocycles. The molecule has 0 atom stereocenters. The highest BCUT2D eigenvalue weighted by Gasteiger charge is 2.33. The van der Waals surface area contributed by atoms with Gasteiger partial charge in [0.25, 0.3) is 5.91 Å². The number of nitrogens with zero attached hydrogens (tertiary/aromatic N) is 1. The average Bonchev–Trinajstić information content (AvgIpc) is 3.11. The molecule has 2 N–H and O–H groups in total. The van der Waals surface area contributed by atoms with E-state index >= 15 is 0 Å². The van der Waals surface area contributed by atoms with Crippen molar-refractivity contribution >= 4 is 24.0 Å². The smallest absolute Gasteiger partial charge is 0.335 e. The highest BCUT2D eigenvalue weighted by molar-refractivity contribution is 6.13. The lowest BCUT2D eigenvalue weighted by atomic mass is 10.1. The third kappa shape index (κ3) is 5.50. The van der Waals surface area contributed by atoms with E-state index in [0.717, 1.165) is 16.0 Å². The van der Waals surface area contributed by atoms with E-state index in [2.05, 4.69) is 5.32 Å². The van der Waals surface area contributed by atoms with Gasteiger partial charge in [0.05, 0.1) is 19.2 Å². The molecule has 4 rings (SSSR count). The predicted molar refractivity (Wildman–Crippen MR) is 129 cm³/mol. The van der Waals surface area contributed by atoms with Crippen LogP contribution in [0.15, 0.2) is 72.4 Å². The number of hydrogen-bond donors (Lipinski definition) is 2. The van der Waals surface area contributed by atoms with Gasteiger partial charge in [0.1, 0.15) is 12.3 Å². The minimum absolute atomic E-state index is 0.153. The number of aromatic carboxylic acids is 1. The fraction of sp³-hybridized carbons (Fsp3) is 0.148. The van der Waals surface area contributed by atoms with Crippen molar-refractivity contribution in [1.82, 2.24) is 10.2 Å². The highest BCUT2D eigenvalue weighted by Crippen LogP contribution is 2.30. The van der Waals surface area contributed by atoms with Crippen molar-refractivity contribution in [2.45, 2.75) is 20.1 Å². The Bertz CT molecular complexity index is 1310. The molecule has 0 radical (unpaired) electrons. The van der Waals surface area contributed by atoms with Gasteiger partial charge < -0.3 is 19.9 Å². The number of aryl methyl sites for hydroxylation is 1. The molecule has 8 heteroatoms. The minimum Gasteiger partial charge on any atom is -0.493 e. The summed E-state index contributed by atoms with van der Waals surface area (Å²) in [4.78, 5) is 37.5. The number of hydrogen-bond acceptors (Lipinski definition) is 5. The van der Waals surface area contributed by atoms with Crippen LogP contribution in [0.1, 0.15) is 32.6 Å². The molecule has 1 aliphatic rings. The first-order valence-electron chi connectivity index (χ1n) is 10.9. The van der Waals surface area contributed by atoms with Crippen molar-refractivity contribution in [2.24, 2.45) is 0 Å². The van der Waals surface area contributed by atoms with Crippen LogP contribution in [-0.4, -0.2) is 35.0 Å². The number of nitrogens with one attached hydrogen (secondary N) is 1. The SMILES string of the molecule is COc1cc(/C=C2\NC(=O)N(Cc3ccc(C)cc3)C2=O)ccc1OCc1cccc(C(=O)O)c1. The first-order valence-corrected chi connectivity index (χ1v) is 10.9. The van der Waals surface area contributed by atoms with Crippen molar-refractivity contribution in [1.29, 1.82) is 0 Å². The van der Waals surface area contributed by atoms with E-state index in [1.165, 1.54) is 13.2 Å². The van der Waals surface area contributed by atoms with E-state index in [1.807, 2.05) is 31.2 Å². The third-order valence-electron chi connectivity index (χ3n) is 5.49. The topological polar surface area (TPSA) is 105 Å². The lowest BCUT2D eigenvalue weighted by molar-refractivity contribution is -0.123. The molecule has 0 unspecified atom stereocenters. The molecule has 8 nitrogen and oxygen atoms in total. The molecule has 0 aliphatic carbocycles. The summed E-state index contributed by atoms with van der Waals surface area (Å²) >= 11 is 0. The Kier molecular flexibility index (Phi) is 6.82. The Hall–Kier alpha value is -4.59. The first kappa shape index (κ1) is 23.6. The van der Waals surface area contributed by atoms with Crippen molar-refractivity contribution < 1.29 is 29.0 Å². The van der Waals surface area contributed by atoms with Crippen LogP contribution in [0.5, 0.6) is 11.5 Å². The van der Waals surface area contributed by atoms with Gasteiger partial charge in [0.15, 0.2) is 11.5 Å². The van der Waals surface area contributed by atoms with E-state index in [1.54, 1.807) is 42.5 Å². The molecule has 0 bridgehead atoms. The van der Waals surface area contributed by atoms with Crippen molar-refractivity contribution in [3.63, 3.8) is 0 Å². The van der Waals surface area contributed by atoms with E-state index in [-0.39, 0.29) is 24.4 Å². The molecule has 0 spiro atoms. The maximum atomic E-state index is 12.8. The second-order valence-corrected chi connectivity index (χ2v) is 8.07. The van der Waals surface area contributed by atoms with Crippen LogP contribution in [0.25, 0.3) is 6.08 Å². The first-order chi connectivity index (χ1) is 16.8. The number of rotatable bonds is 8. The molecular formula is C27H24N2O6. The Balaban J connectivity index is 1.47. The molecule has 1 heterocycles. The molecule has 1 aliphatic heterocycles. The zero-order chi connectivity index (χ0) is 24.9. The number of carbonyl (C=O) groups excluding carboxylic acids is 2. The van der Waals surface area contributed by atoms with Gasteiger partial charge >= 0.3 is 12.0 Å². The average molecular weight is 472 g/mol. The van der Waals surface area contributed by atoms with Gasteiger partial charge in [-0.1, -0.05) is 48.0 Å². The van der Waals surface area contributed by atoms with Gasteiger partial charge in [-0.3, -0.25) is 9.69 Å². The second kappa shape index (κ2) is 10.1. The maximum absolute atomic E-state index is 12.8. The summed E-state index contributed by atoms with van der Waals surface area (Å²) in [6, 6.07) is 18.8. The molecule has 178 valence electrons. The summed E-state index contributed by atoms with van der Waals surface area (Å²) in [5.41, 5.74) is 3.65.